The Labute approximate surface area is 88.9 Å². The first kappa shape index (κ1) is 13.6. The monoisotopic (exact) mass is 214 g/mol. The molecular weight excluding hydrogens is 198 g/mol. The maximum Gasteiger partial charge on any atom is 0.307 e. The molecule has 0 heterocycles. The average molecular weight is 214 g/mol. The molecule has 0 aromatic rings. The van der Waals surface area contributed by atoms with Gasteiger partial charge in [-0.3, -0.25) is 9.59 Å². The van der Waals surface area contributed by atoms with Crippen LogP contribution in [0.25, 0.3) is 0 Å². The molecule has 0 rings (SSSR count). The third kappa shape index (κ3) is 4.58. The van der Waals surface area contributed by atoms with Gasteiger partial charge in [-0.25, -0.2) is 0 Å². The highest BCUT2D eigenvalue weighted by Gasteiger charge is 2.42. The summed E-state index contributed by atoms with van der Waals surface area (Å²) in [5, 5.41) is 18.5. The summed E-state index contributed by atoms with van der Waals surface area (Å²) < 4.78 is 0.247. The summed E-state index contributed by atoms with van der Waals surface area (Å²) in [6, 6.07) is 0. The van der Waals surface area contributed by atoms with Crippen LogP contribution in [-0.2, 0) is 9.59 Å². The lowest BCUT2D eigenvalue weighted by atomic mass is 9.93. The second kappa shape index (κ2) is 4.43. The van der Waals surface area contributed by atoms with Gasteiger partial charge >= 0.3 is 5.97 Å². The van der Waals surface area contributed by atoms with Crippen LogP contribution in [0.4, 0.5) is 0 Å². The maximum atomic E-state index is 11.3. The second-order valence-corrected chi connectivity index (χ2v) is 4.52. The Hall–Kier alpha value is -1.38. The molecule has 2 N–H and O–H groups in total. The van der Waals surface area contributed by atoms with Crippen molar-refractivity contribution in [2.75, 3.05) is 27.7 Å². The van der Waals surface area contributed by atoms with E-state index in [1.165, 1.54) is 0 Å². The van der Waals surface area contributed by atoms with Gasteiger partial charge in [-0.05, 0) is 5.92 Å². The molecule has 0 saturated carbocycles. The smallest absolute Gasteiger partial charge is 0.307 e. The van der Waals surface area contributed by atoms with Gasteiger partial charge in [-0.1, -0.05) is 0 Å². The van der Waals surface area contributed by atoms with Crippen molar-refractivity contribution >= 4 is 11.8 Å². The van der Waals surface area contributed by atoms with Crippen molar-refractivity contribution in [2.24, 2.45) is 0 Å². The molecular formula is C10H16NO4+. The molecule has 5 nitrogen and oxygen atoms in total. The third-order valence-corrected chi connectivity index (χ3v) is 1.73. The molecule has 0 aliphatic rings. The number of quaternary nitrogens is 1. The van der Waals surface area contributed by atoms with Crippen molar-refractivity contribution in [1.29, 1.82) is 0 Å². The van der Waals surface area contributed by atoms with E-state index in [1.54, 1.807) is 27.1 Å². The van der Waals surface area contributed by atoms with E-state index in [-0.39, 0.29) is 11.0 Å². The standard InChI is InChI=1S/C10H15NO4/c1-5-8(12)10(15,6-9(13)14)7-11(2,3)4/h1,15H,6-7H2,2-4H3/p+1/t10-/m1/s1. The lowest BCUT2D eigenvalue weighted by molar-refractivity contribution is -0.875. The van der Waals surface area contributed by atoms with Crippen molar-refractivity contribution < 1.29 is 24.3 Å². The van der Waals surface area contributed by atoms with Crippen LogP contribution in [0.15, 0.2) is 0 Å². The quantitative estimate of drug-likeness (QED) is 0.353. The fourth-order valence-corrected chi connectivity index (χ4v) is 1.38. The van der Waals surface area contributed by atoms with Crippen molar-refractivity contribution in [3.63, 3.8) is 0 Å². The maximum absolute atomic E-state index is 11.3. The molecule has 5 heteroatoms. The van der Waals surface area contributed by atoms with E-state index in [2.05, 4.69) is 0 Å². The number of nitrogens with zero attached hydrogens (tertiary/aromatic N) is 1. The van der Waals surface area contributed by atoms with Crippen molar-refractivity contribution in [3.05, 3.63) is 0 Å². The van der Waals surface area contributed by atoms with Gasteiger partial charge in [0.15, 0.2) is 5.60 Å². The van der Waals surface area contributed by atoms with Crippen molar-refractivity contribution in [2.45, 2.75) is 12.0 Å². The number of terminal acetylenes is 1. The van der Waals surface area contributed by atoms with Gasteiger partial charge in [0.1, 0.15) is 6.54 Å². The van der Waals surface area contributed by atoms with Crippen LogP contribution in [0.5, 0.6) is 0 Å². The van der Waals surface area contributed by atoms with E-state index in [0.717, 1.165) is 0 Å². The predicted molar refractivity (Wildman–Crippen MR) is 53.9 cm³/mol. The molecule has 0 amide bonds. The number of aliphatic hydroxyl groups is 1. The van der Waals surface area contributed by atoms with Crippen molar-refractivity contribution in [3.8, 4) is 12.3 Å². The number of carbonyl (C=O) groups excluding carboxylic acids is 1. The van der Waals surface area contributed by atoms with Gasteiger partial charge in [-0.15, -0.1) is 6.42 Å². The Morgan fingerprint density at radius 3 is 2.13 bits per heavy atom. The SMILES string of the molecule is C#CC(=O)[C@@](O)(CC(=O)O)C[N+](C)(C)C. The van der Waals surface area contributed by atoms with E-state index >= 15 is 0 Å². The highest BCUT2D eigenvalue weighted by molar-refractivity contribution is 6.03. The van der Waals surface area contributed by atoms with Crippen LogP contribution in [0.3, 0.4) is 0 Å². The van der Waals surface area contributed by atoms with Crippen LogP contribution in [0, 0.1) is 12.3 Å². The summed E-state index contributed by atoms with van der Waals surface area (Å²) in [5.74, 6) is -0.375. The average Bonchev–Trinajstić information content (AvgIpc) is 1.97. The number of likely N-dealkylation sites (N-methyl/N-ethyl adjacent to an activating group) is 1. The minimum atomic E-state index is -1.99. The molecule has 0 radical (unpaired) electrons. The zero-order valence-electron chi connectivity index (χ0n) is 9.15. The summed E-state index contributed by atoms with van der Waals surface area (Å²) in [6.45, 7) is -0.0394. The molecule has 0 saturated heterocycles. The molecule has 0 unspecified atom stereocenters. The number of Topliss-reactive ketones (excluding diaryl/α,β-unsaturated/α-hetero) is 1. The van der Waals surface area contributed by atoms with Crippen molar-refractivity contribution in [1.82, 2.24) is 0 Å². The molecule has 0 aliphatic heterocycles. The van der Waals surface area contributed by atoms with Gasteiger partial charge in [0.05, 0.1) is 27.6 Å². The summed E-state index contributed by atoms with van der Waals surface area (Å²) in [4.78, 5) is 21.8. The number of hydrogen-bond donors (Lipinski definition) is 2. The van der Waals surface area contributed by atoms with Gasteiger partial charge in [0.25, 0.3) is 0 Å². The third-order valence-electron chi connectivity index (χ3n) is 1.73. The van der Waals surface area contributed by atoms with E-state index in [4.69, 9.17) is 11.5 Å². The van der Waals surface area contributed by atoms with Crippen LogP contribution in [-0.4, -0.2) is 59.7 Å². The van der Waals surface area contributed by atoms with Crippen LogP contribution >= 0.6 is 0 Å². The number of carboxylic acid groups (broad SMARTS) is 1. The van der Waals surface area contributed by atoms with Crippen LogP contribution < -0.4 is 0 Å². The lowest BCUT2D eigenvalue weighted by Crippen LogP contribution is -2.54. The van der Waals surface area contributed by atoms with Crippen LogP contribution in [0.1, 0.15) is 6.42 Å². The van der Waals surface area contributed by atoms with E-state index in [0.29, 0.717) is 0 Å². The molecule has 84 valence electrons. The van der Waals surface area contributed by atoms with E-state index in [9.17, 15) is 14.7 Å². The number of carbonyl (C=O) groups is 2. The molecule has 15 heavy (non-hydrogen) atoms. The first-order valence-corrected chi connectivity index (χ1v) is 4.36. The number of carboxylic acids is 1. The topological polar surface area (TPSA) is 74.6 Å². The minimum absolute atomic E-state index is 0.0394. The number of hydrogen-bond acceptors (Lipinski definition) is 3. The summed E-state index contributed by atoms with van der Waals surface area (Å²) >= 11 is 0. The minimum Gasteiger partial charge on any atom is -0.481 e. The zero-order valence-corrected chi connectivity index (χ0v) is 9.15. The Balaban J connectivity index is 4.96. The van der Waals surface area contributed by atoms with E-state index < -0.39 is 23.8 Å². The molecule has 0 bridgehead atoms. The molecule has 0 spiro atoms. The fraction of sp³-hybridized carbons (Fsp3) is 0.600. The highest BCUT2D eigenvalue weighted by atomic mass is 16.4. The van der Waals surface area contributed by atoms with Crippen LogP contribution in [0.2, 0.25) is 0 Å². The molecule has 0 aromatic carbocycles. The van der Waals surface area contributed by atoms with Gasteiger partial charge in [0.2, 0.25) is 5.78 Å². The summed E-state index contributed by atoms with van der Waals surface area (Å²) in [6.07, 6.45) is 4.22. The van der Waals surface area contributed by atoms with Gasteiger partial charge in [-0.2, -0.15) is 0 Å². The number of aliphatic carboxylic acids is 1. The zero-order chi connectivity index (χ0) is 12.3. The Morgan fingerprint density at radius 2 is 1.87 bits per heavy atom. The summed E-state index contributed by atoms with van der Waals surface area (Å²) in [7, 11) is 5.20. The number of rotatable bonds is 5. The second-order valence-electron chi connectivity index (χ2n) is 4.52. The molecule has 1 atom stereocenters. The predicted octanol–water partition coefficient (Wildman–Crippen LogP) is -0.899. The highest BCUT2D eigenvalue weighted by Crippen LogP contribution is 2.15. The lowest BCUT2D eigenvalue weighted by Gasteiger charge is -2.32. The molecule has 0 fully saturated rings. The largest absolute Gasteiger partial charge is 0.481 e. The van der Waals surface area contributed by atoms with Gasteiger partial charge in [0, 0.05) is 0 Å². The Morgan fingerprint density at radius 1 is 1.40 bits per heavy atom. The Kier molecular flexibility index (Phi) is 4.02. The fourth-order valence-electron chi connectivity index (χ4n) is 1.38. The normalized spacial score (nSPS) is 15.1. The molecule has 0 aliphatic carbocycles. The molecule has 0 aromatic heterocycles. The Bertz CT molecular complexity index is 310. The van der Waals surface area contributed by atoms with Gasteiger partial charge < -0.3 is 14.7 Å². The van der Waals surface area contributed by atoms with E-state index in [1.807, 2.05) is 0 Å². The number of ketones is 1. The first-order valence-electron chi connectivity index (χ1n) is 4.36. The summed E-state index contributed by atoms with van der Waals surface area (Å²) in [5.41, 5.74) is -1.99. The first-order chi connectivity index (χ1) is 6.60.